The number of amides is 1. The van der Waals surface area contributed by atoms with Crippen molar-refractivity contribution >= 4 is 50.3 Å². The molecule has 1 aromatic heterocycles. The van der Waals surface area contributed by atoms with Crippen LogP contribution in [0.1, 0.15) is 15.2 Å². The number of thiophene rings is 1. The summed E-state index contributed by atoms with van der Waals surface area (Å²) >= 11 is 7.45. The molecule has 1 aliphatic heterocycles. The van der Waals surface area contributed by atoms with Gasteiger partial charge in [0.15, 0.2) is 0 Å². The molecule has 0 atom stereocenters. The number of fused-ring (bicyclic) bond motifs is 3. The molecule has 2 aromatic carbocycles. The average molecular weight is 388 g/mol. The zero-order chi connectivity index (χ0) is 18.3. The Labute approximate surface area is 158 Å². The minimum atomic E-state index is -0.415. The number of halogens is 1. The monoisotopic (exact) mass is 387 g/mol. The summed E-state index contributed by atoms with van der Waals surface area (Å²) in [4.78, 5) is 25.9. The number of nitrogens with one attached hydrogen (secondary N) is 1. The van der Waals surface area contributed by atoms with E-state index in [-0.39, 0.29) is 11.6 Å². The molecule has 8 heteroatoms. The van der Waals surface area contributed by atoms with E-state index in [2.05, 4.69) is 10.2 Å². The summed E-state index contributed by atoms with van der Waals surface area (Å²) in [6.07, 6.45) is 0. The minimum Gasteiger partial charge on any atom is -0.364 e. The van der Waals surface area contributed by atoms with Gasteiger partial charge in [-0.2, -0.15) is 0 Å². The summed E-state index contributed by atoms with van der Waals surface area (Å²) in [6, 6.07) is 12.3. The van der Waals surface area contributed by atoms with E-state index in [1.807, 2.05) is 24.3 Å². The fraction of sp³-hybridized carbons (Fsp3) is 0.167. The number of rotatable bonds is 3. The SMILES string of the molecule is O=C1NCCN(Cc2cccc(Cl)c2)c2c1sc1ccc([N+](=O)[O-])cc21. The van der Waals surface area contributed by atoms with Gasteiger partial charge in [0.25, 0.3) is 11.6 Å². The number of carbonyl (C=O) groups is 1. The average Bonchev–Trinajstić information content (AvgIpc) is 2.92. The van der Waals surface area contributed by atoms with Gasteiger partial charge in [-0.3, -0.25) is 14.9 Å². The van der Waals surface area contributed by atoms with Crippen molar-refractivity contribution in [1.29, 1.82) is 0 Å². The first kappa shape index (κ1) is 16.8. The molecular formula is C18H14ClN3O3S. The molecule has 4 rings (SSSR count). The van der Waals surface area contributed by atoms with E-state index in [0.29, 0.717) is 29.5 Å². The van der Waals surface area contributed by atoms with Gasteiger partial charge in [-0.25, -0.2) is 0 Å². The topological polar surface area (TPSA) is 75.5 Å². The fourth-order valence-electron chi connectivity index (χ4n) is 3.16. The molecule has 26 heavy (non-hydrogen) atoms. The number of benzene rings is 2. The molecule has 1 aliphatic rings. The highest BCUT2D eigenvalue weighted by molar-refractivity contribution is 7.21. The molecule has 3 aromatic rings. The van der Waals surface area contributed by atoms with Crippen LogP contribution in [0.15, 0.2) is 42.5 Å². The molecule has 0 aliphatic carbocycles. The Morgan fingerprint density at radius 2 is 2.12 bits per heavy atom. The van der Waals surface area contributed by atoms with Crippen LogP contribution in [0.2, 0.25) is 5.02 Å². The summed E-state index contributed by atoms with van der Waals surface area (Å²) in [5.41, 5.74) is 1.79. The Balaban J connectivity index is 1.86. The summed E-state index contributed by atoms with van der Waals surface area (Å²) in [6.45, 7) is 1.69. The quantitative estimate of drug-likeness (QED) is 0.539. The van der Waals surface area contributed by atoms with Crippen LogP contribution in [-0.4, -0.2) is 23.9 Å². The Hall–Kier alpha value is -2.64. The summed E-state index contributed by atoms with van der Waals surface area (Å²) in [5.74, 6) is -0.141. The Morgan fingerprint density at radius 3 is 2.88 bits per heavy atom. The van der Waals surface area contributed by atoms with Crippen molar-refractivity contribution in [1.82, 2.24) is 5.32 Å². The van der Waals surface area contributed by atoms with Crippen LogP contribution in [0.3, 0.4) is 0 Å². The molecule has 0 bridgehead atoms. The Kier molecular flexibility index (Phi) is 4.26. The summed E-state index contributed by atoms with van der Waals surface area (Å²) in [5, 5.41) is 15.5. The summed E-state index contributed by atoms with van der Waals surface area (Å²) < 4.78 is 0.855. The van der Waals surface area contributed by atoms with Crippen molar-refractivity contribution in [2.24, 2.45) is 0 Å². The van der Waals surface area contributed by atoms with Crippen LogP contribution in [0, 0.1) is 10.1 Å². The van der Waals surface area contributed by atoms with E-state index in [0.717, 1.165) is 21.3 Å². The highest BCUT2D eigenvalue weighted by Crippen LogP contribution is 2.41. The van der Waals surface area contributed by atoms with E-state index in [1.165, 1.54) is 17.4 Å². The maximum atomic E-state index is 12.5. The third-order valence-electron chi connectivity index (χ3n) is 4.31. The lowest BCUT2D eigenvalue weighted by molar-refractivity contribution is -0.384. The highest BCUT2D eigenvalue weighted by Gasteiger charge is 2.27. The molecule has 1 N–H and O–H groups in total. The van der Waals surface area contributed by atoms with Crippen LogP contribution in [0.5, 0.6) is 0 Å². The predicted octanol–water partition coefficient (Wildman–Crippen LogP) is 4.21. The molecular weight excluding hydrogens is 374 g/mol. The molecule has 0 spiro atoms. The van der Waals surface area contributed by atoms with E-state index in [1.54, 1.807) is 12.1 Å². The van der Waals surface area contributed by atoms with Gasteiger partial charge in [0.05, 0.1) is 10.6 Å². The lowest BCUT2D eigenvalue weighted by Crippen LogP contribution is -2.29. The van der Waals surface area contributed by atoms with E-state index >= 15 is 0 Å². The van der Waals surface area contributed by atoms with Gasteiger partial charge in [0.2, 0.25) is 0 Å². The van der Waals surface area contributed by atoms with Gasteiger partial charge < -0.3 is 10.2 Å². The smallest absolute Gasteiger partial charge is 0.270 e. The zero-order valence-corrected chi connectivity index (χ0v) is 15.1. The zero-order valence-electron chi connectivity index (χ0n) is 13.6. The van der Waals surface area contributed by atoms with Crippen LogP contribution in [0.25, 0.3) is 10.1 Å². The van der Waals surface area contributed by atoms with Gasteiger partial charge >= 0.3 is 0 Å². The molecule has 0 saturated carbocycles. The molecule has 2 heterocycles. The molecule has 0 saturated heterocycles. The molecule has 0 unspecified atom stereocenters. The number of anilines is 1. The second kappa shape index (κ2) is 6.59. The van der Waals surface area contributed by atoms with Crippen LogP contribution in [-0.2, 0) is 6.54 Å². The number of non-ortho nitro benzene ring substituents is 1. The number of hydrogen-bond acceptors (Lipinski definition) is 5. The molecule has 132 valence electrons. The van der Waals surface area contributed by atoms with Gasteiger partial charge in [0.1, 0.15) is 4.88 Å². The first-order chi connectivity index (χ1) is 12.5. The van der Waals surface area contributed by atoms with Crippen molar-refractivity contribution in [2.75, 3.05) is 18.0 Å². The number of nitro benzene ring substituents is 1. The molecule has 6 nitrogen and oxygen atoms in total. The predicted molar refractivity (Wildman–Crippen MR) is 103 cm³/mol. The van der Waals surface area contributed by atoms with Gasteiger partial charge in [-0.1, -0.05) is 23.7 Å². The third kappa shape index (κ3) is 3.00. The van der Waals surface area contributed by atoms with E-state index in [4.69, 9.17) is 11.6 Å². The molecule has 0 radical (unpaired) electrons. The number of hydrogen-bond donors (Lipinski definition) is 1. The fourth-order valence-corrected chi connectivity index (χ4v) is 4.50. The van der Waals surface area contributed by atoms with Gasteiger partial charge in [-0.05, 0) is 23.8 Å². The van der Waals surface area contributed by atoms with Crippen LogP contribution < -0.4 is 10.2 Å². The van der Waals surface area contributed by atoms with E-state index in [9.17, 15) is 14.9 Å². The first-order valence-electron chi connectivity index (χ1n) is 8.01. The van der Waals surface area contributed by atoms with Gasteiger partial charge in [-0.15, -0.1) is 11.3 Å². The standard InChI is InChI=1S/C18H14ClN3O3S/c19-12-3-1-2-11(8-12)10-21-7-6-20-18(23)17-16(21)14-9-13(22(24)25)4-5-15(14)26-17/h1-5,8-9H,6-7,10H2,(H,20,23). The van der Waals surface area contributed by atoms with E-state index < -0.39 is 4.92 Å². The lowest BCUT2D eigenvalue weighted by Gasteiger charge is -2.23. The van der Waals surface area contributed by atoms with Gasteiger partial charge in [0, 0.05) is 46.9 Å². The minimum absolute atomic E-state index is 0.0189. The van der Waals surface area contributed by atoms with Crippen molar-refractivity contribution in [3.63, 3.8) is 0 Å². The lowest BCUT2D eigenvalue weighted by atomic mass is 10.1. The van der Waals surface area contributed by atoms with Crippen molar-refractivity contribution < 1.29 is 9.72 Å². The van der Waals surface area contributed by atoms with Crippen molar-refractivity contribution in [2.45, 2.75) is 6.54 Å². The highest BCUT2D eigenvalue weighted by atomic mass is 35.5. The first-order valence-corrected chi connectivity index (χ1v) is 9.21. The Morgan fingerprint density at radius 1 is 1.27 bits per heavy atom. The second-order valence-corrected chi connectivity index (χ2v) is 7.51. The second-order valence-electron chi connectivity index (χ2n) is 6.02. The molecule has 0 fully saturated rings. The number of carbonyl (C=O) groups excluding carboxylic acids is 1. The van der Waals surface area contributed by atoms with Crippen LogP contribution >= 0.6 is 22.9 Å². The third-order valence-corrected chi connectivity index (χ3v) is 5.70. The summed E-state index contributed by atoms with van der Waals surface area (Å²) in [7, 11) is 0. The molecule has 1 amide bonds. The van der Waals surface area contributed by atoms with Crippen molar-refractivity contribution in [3.8, 4) is 0 Å². The number of nitro groups is 1. The maximum absolute atomic E-state index is 12.5. The Bertz CT molecular complexity index is 1030. The van der Waals surface area contributed by atoms with Crippen molar-refractivity contribution in [3.05, 3.63) is 68.0 Å². The largest absolute Gasteiger partial charge is 0.364 e. The van der Waals surface area contributed by atoms with Crippen LogP contribution in [0.4, 0.5) is 11.4 Å². The normalized spacial score (nSPS) is 14.0. The maximum Gasteiger partial charge on any atom is 0.270 e. The number of nitrogens with zero attached hydrogens (tertiary/aromatic N) is 2.